The molecule has 0 N–H and O–H groups in total. The number of amides is 1. The number of benzene rings is 1. The number of ether oxygens (including phenoxy) is 1. The molecule has 1 aliphatic heterocycles. The number of piperidine rings is 1. The molecule has 0 bridgehead atoms. The van der Waals surface area contributed by atoms with Crippen molar-refractivity contribution in [3.8, 4) is 0 Å². The number of likely N-dealkylation sites (tertiary alicyclic amines) is 1. The smallest absolute Gasteiger partial charge is 0.254 e. The number of carbonyl (C=O) groups excluding carboxylic acids is 1. The highest BCUT2D eigenvalue weighted by molar-refractivity contribution is 7.09. The van der Waals surface area contributed by atoms with Crippen LogP contribution in [0.15, 0.2) is 23.6 Å². The van der Waals surface area contributed by atoms with Crippen molar-refractivity contribution in [3.63, 3.8) is 0 Å². The van der Waals surface area contributed by atoms with Crippen molar-refractivity contribution in [1.82, 2.24) is 9.88 Å². The van der Waals surface area contributed by atoms with E-state index in [1.165, 1.54) is 13.2 Å². The van der Waals surface area contributed by atoms with Crippen LogP contribution >= 0.6 is 11.3 Å². The first kappa shape index (κ1) is 17.0. The van der Waals surface area contributed by atoms with Gasteiger partial charge in [0, 0.05) is 35.9 Å². The lowest BCUT2D eigenvalue weighted by Crippen LogP contribution is -2.38. The van der Waals surface area contributed by atoms with Crippen molar-refractivity contribution in [1.29, 1.82) is 0 Å². The average molecular weight is 348 g/mol. The molecule has 3 rings (SSSR count). The molecule has 0 radical (unpaired) electrons. The second-order valence-corrected chi connectivity index (χ2v) is 6.97. The molecule has 1 fully saturated rings. The molecule has 0 aliphatic carbocycles. The van der Waals surface area contributed by atoms with Crippen molar-refractivity contribution in [3.05, 3.63) is 51.2 Å². The Morgan fingerprint density at radius 2 is 2.29 bits per heavy atom. The van der Waals surface area contributed by atoms with Crippen molar-refractivity contribution in [2.45, 2.75) is 38.8 Å². The van der Waals surface area contributed by atoms with Crippen LogP contribution in [0.25, 0.3) is 0 Å². The molecule has 1 aromatic heterocycles. The lowest BCUT2D eigenvalue weighted by atomic mass is 10.0. The summed E-state index contributed by atoms with van der Waals surface area (Å²) in [6.07, 6.45) is 2.99. The predicted octanol–water partition coefficient (Wildman–Crippen LogP) is 4.10. The quantitative estimate of drug-likeness (QED) is 0.835. The molecule has 2 heterocycles. The van der Waals surface area contributed by atoms with Crippen LogP contribution < -0.4 is 0 Å². The predicted molar refractivity (Wildman–Crippen MR) is 91.6 cm³/mol. The summed E-state index contributed by atoms with van der Waals surface area (Å²) in [4.78, 5) is 19.4. The average Bonchev–Trinajstić information content (AvgIpc) is 3.03. The Morgan fingerprint density at radius 1 is 1.46 bits per heavy atom. The fourth-order valence-corrected chi connectivity index (χ4v) is 4.04. The fourth-order valence-electron chi connectivity index (χ4n) is 3.10. The Balaban J connectivity index is 1.88. The molecule has 2 aromatic rings. The second kappa shape index (κ2) is 7.40. The van der Waals surface area contributed by atoms with E-state index < -0.39 is 0 Å². The number of aryl methyl sites for hydroxylation is 1. The Kier molecular flexibility index (Phi) is 5.26. The molecule has 1 atom stereocenters. The normalized spacial score (nSPS) is 18.0. The number of nitrogens with zero attached hydrogens (tertiary/aromatic N) is 2. The first-order valence-corrected chi connectivity index (χ1v) is 8.98. The number of hydrogen-bond acceptors (Lipinski definition) is 4. The number of rotatable bonds is 4. The van der Waals surface area contributed by atoms with E-state index in [0.717, 1.165) is 30.0 Å². The van der Waals surface area contributed by atoms with Gasteiger partial charge in [-0.3, -0.25) is 4.79 Å². The van der Waals surface area contributed by atoms with Gasteiger partial charge in [-0.05, 0) is 44.4 Å². The minimum absolute atomic E-state index is 0.0147. The topological polar surface area (TPSA) is 42.4 Å². The van der Waals surface area contributed by atoms with Gasteiger partial charge in [0.15, 0.2) is 0 Å². The molecule has 4 nitrogen and oxygen atoms in total. The number of aromatic nitrogens is 1. The van der Waals surface area contributed by atoms with Crippen LogP contribution in [-0.4, -0.2) is 29.4 Å². The van der Waals surface area contributed by atoms with Crippen molar-refractivity contribution >= 4 is 17.2 Å². The number of carbonyl (C=O) groups is 1. The molecule has 1 unspecified atom stereocenters. The van der Waals surface area contributed by atoms with Crippen LogP contribution in [0, 0.1) is 12.7 Å². The Morgan fingerprint density at radius 3 is 3.00 bits per heavy atom. The van der Waals surface area contributed by atoms with Crippen LogP contribution in [0.1, 0.15) is 51.9 Å². The summed E-state index contributed by atoms with van der Waals surface area (Å²) in [6.45, 7) is 2.83. The van der Waals surface area contributed by atoms with E-state index in [1.54, 1.807) is 23.5 Å². The van der Waals surface area contributed by atoms with Gasteiger partial charge in [0.25, 0.3) is 5.91 Å². The zero-order valence-corrected chi connectivity index (χ0v) is 14.7. The summed E-state index contributed by atoms with van der Waals surface area (Å²) in [5, 5.41) is 3.00. The number of thiazole rings is 1. The summed E-state index contributed by atoms with van der Waals surface area (Å²) in [7, 11) is 1.51. The van der Waals surface area contributed by atoms with E-state index >= 15 is 0 Å². The van der Waals surface area contributed by atoms with Gasteiger partial charge in [-0.15, -0.1) is 11.3 Å². The molecular weight excluding hydrogens is 327 g/mol. The number of halogens is 1. The minimum Gasteiger partial charge on any atom is -0.380 e. The van der Waals surface area contributed by atoms with Crippen molar-refractivity contribution < 1.29 is 13.9 Å². The third-order valence-electron chi connectivity index (χ3n) is 4.28. The highest BCUT2D eigenvalue weighted by atomic mass is 32.1. The fraction of sp³-hybridized carbons (Fsp3) is 0.444. The maximum absolute atomic E-state index is 13.8. The standard InChI is InChI=1S/C18H21FN2O2S/c1-12-11-24-17(20-12)16-5-3-4-8-21(16)18(22)13-6-7-15(19)14(9-13)10-23-2/h6-7,9,11,16H,3-5,8,10H2,1-2H3. The molecular formula is C18H21FN2O2S. The summed E-state index contributed by atoms with van der Waals surface area (Å²) < 4.78 is 18.8. The largest absolute Gasteiger partial charge is 0.380 e. The van der Waals surface area contributed by atoms with Gasteiger partial charge in [0.1, 0.15) is 10.8 Å². The maximum Gasteiger partial charge on any atom is 0.254 e. The first-order chi connectivity index (χ1) is 11.6. The van der Waals surface area contributed by atoms with E-state index in [0.29, 0.717) is 17.7 Å². The first-order valence-electron chi connectivity index (χ1n) is 8.10. The van der Waals surface area contributed by atoms with Gasteiger partial charge in [0.05, 0.1) is 12.6 Å². The lowest BCUT2D eigenvalue weighted by molar-refractivity contribution is 0.0610. The maximum atomic E-state index is 13.8. The number of methoxy groups -OCH3 is 1. The SMILES string of the molecule is COCc1cc(C(=O)N2CCCCC2c2nc(C)cs2)ccc1F. The van der Waals surface area contributed by atoms with Crippen LogP contribution in [0.2, 0.25) is 0 Å². The van der Waals surface area contributed by atoms with Crippen molar-refractivity contribution in [2.24, 2.45) is 0 Å². The molecule has 24 heavy (non-hydrogen) atoms. The number of hydrogen-bond donors (Lipinski definition) is 0. The van der Waals surface area contributed by atoms with E-state index in [-0.39, 0.29) is 24.4 Å². The molecule has 1 saturated heterocycles. The van der Waals surface area contributed by atoms with Gasteiger partial charge in [0.2, 0.25) is 0 Å². The van der Waals surface area contributed by atoms with E-state index in [9.17, 15) is 9.18 Å². The summed E-state index contributed by atoms with van der Waals surface area (Å²) in [6, 6.07) is 4.50. The van der Waals surface area contributed by atoms with Crippen molar-refractivity contribution in [2.75, 3.05) is 13.7 Å². The molecule has 1 aromatic carbocycles. The third-order valence-corrected chi connectivity index (χ3v) is 5.34. The summed E-state index contributed by atoms with van der Waals surface area (Å²) in [5.74, 6) is -0.413. The molecule has 128 valence electrons. The summed E-state index contributed by atoms with van der Waals surface area (Å²) in [5.41, 5.74) is 1.89. The zero-order chi connectivity index (χ0) is 17.1. The van der Waals surface area contributed by atoms with Crippen LogP contribution in [-0.2, 0) is 11.3 Å². The highest BCUT2D eigenvalue weighted by Crippen LogP contribution is 2.34. The second-order valence-electron chi connectivity index (χ2n) is 6.08. The van der Waals surface area contributed by atoms with Crippen LogP contribution in [0.4, 0.5) is 4.39 Å². The Labute approximate surface area is 145 Å². The Bertz CT molecular complexity index is 732. The monoisotopic (exact) mass is 348 g/mol. The molecule has 1 amide bonds. The molecule has 0 spiro atoms. The minimum atomic E-state index is -0.348. The highest BCUT2D eigenvalue weighted by Gasteiger charge is 2.30. The van der Waals surface area contributed by atoms with E-state index in [2.05, 4.69) is 4.98 Å². The molecule has 1 aliphatic rings. The van der Waals surface area contributed by atoms with E-state index in [1.807, 2.05) is 17.2 Å². The summed E-state index contributed by atoms with van der Waals surface area (Å²) >= 11 is 1.60. The van der Waals surface area contributed by atoms with Gasteiger partial charge >= 0.3 is 0 Å². The van der Waals surface area contributed by atoms with E-state index in [4.69, 9.17) is 4.74 Å². The van der Waals surface area contributed by atoms with Gasteiger partial charge < -0.3 is 9.64 Å². The molecule has 6 heteroatoms. The lowest BCUT2D eigenvalue weighted by Gasteiger charge is -2.34. The Hall–Kier alpha value is -1.79. The molecule has 0 saturated carbocycles. The van der Waals surface area contributed by atoms with Gasteiger partial charge in [-0.25, -0.2) is 9.37 Å². The van der Waals surface area contributed by atoms with Gasteiger partial charge in [-0.1, -0.05) is 0 Å². The zero-order valence-electron chi connectivity index (χ0n) is 13.9. The van der Waals surface area contributed by atoms with Crippen LogP contribution in [0.3, 0.4) is 0 Å². The third kappa shape index (κ3) is 3.49. The van der Waals surface area contributed by atoms with Crippen LogP contribution in [0.5, 0.6) is 0 Å². The van der Waals surface area contributed by atoms with Gasteiger partial charge in [-0.2, -0.15) is 0 Å².